The Labute approximate surface area is 255 Å². The lowest BCUT2D eigenvalue weighted by Gasteiger charge is -2.16. The molecule has 3 rings (SSSR count). The first-order valence-corrected chi connectivity index (χ1v) is 14.0. The number of hydrogen-bond acceptors (Lipinski definition) is 14. The molecule has 0 saturated heterocycles. The third-order valence-corrected chi connectivity index (χ3v) is 5.82. The Morgan fingerprint density at radius 3 is 1.16 bits per heavy atom. The predicted octanol–water partition coefficient (Wildman–Crippen LogP) is 2.27. The van der Waals surface area contributed by atoms with Gasteiger partial charge in [-0.25, -0.2) is 9.59 Å². The number of methoxy groups -OCH3 is 2. The van der Waals surface area contributed by atoms with Crippen LogP contribution in [0.2, 0.25) is 0 Å². The summed E-state index contributed by atoms with van der Waals surface area (Å²) in [5.41, 5.74) is 1.10. The second-order valence-electron chi connectivity index (χ2n) is 8.83. The minimum absolute atomic E-state index is 0.0750. The maximum Gasteiger partial charge on any atom is 0.341 e. The van der Waals surface area contributed by atoms with E-state index in [4.69, 9.17) is 37.9 Å². The van der Waals surface area contributed by atoms with Gasteiger partial charge >= 0.3 is 11.9 Å². The molecular weight excluding hydrogens is 576 g/mol. The van der Waals surface area contributed by atoms with Gasteiger partial charge in [-0.3, -0.25) is 9.97 Å². The molecule has 238 valence electrons. The fourth-order valence-corrected chi connectivity index (χ4v) is 3.72. The summed E-state index contributed by atoms with van der Waals surface area (Å²) in [6.45, 7) is 3.33. The van der Waals surface area contributed by atoms with Gasteiger partial charge in [0.25, 0.3) is 0 Å². The summed E-state index contributed by atoms with van der Waals surface area (Å²) < 4.78 is 42.6. The standard InChI is InChI=1S/C30H38N4O10/c1-37-11-13-39-15-17-41-19-21-43-29(35)25-26(30(36)44-22-20-42-18-16-40-14-12-38-2)28(24-5-9-32-10-6-24)34-33-27(25)23-3-7-31-8-4-23/h3-10H,11-22H2,1-2H3. The average Bonchev–Trinajstić information content (AvgIpc) is 3.06. The van der Waals surface area contributed by atoms with Crippen LogP contribution in [0.3, 0.4) is 0 Å². The molecule has 3 aromatic rings. The molecule has 0 fully saturated rings. The van der Waals surface area contributed by atoms with Crippen LogP contribution in [0.4, 0.5) is 0 Å². The summed E-state index contributed by atoms with van der Waals surface area (Å²) in [6.07, 6.45) is 6.17. The molecule has 0 N–H and O–H groups in total. The molecule has 0 saturated carbocycles. The van der Waals surface area contributed by atoms with Gasteiger partial charge in [0.2, 0.25) is 0 Å². The number of hydrogen-bond donors (Lipinski definition) is 0. The first-order chi connectivity index (χ1) is 21.7. The highest BCUT2D eigenvalue weighted by molar-refractivity contribution is 6.10. The van der Waals surface area contributed by atoms with Gasteiger partial charge < -0.3 is 37.9 Å². The number of esters is 2. The molecule has 0 amide bonds. The number of nitrogens with zero attached hydrogens (tertiary/aromatic N) is 4. The minimum Gasteiger partial charge on any atom is -0.460 e. The first-order valence-electron chi connectivity index (χ1n) is 14.0. The first kappa shape index (κ1) is 34.6. The normalized spacial score (nSPS) is 11.0. The van der Waals surface area contributed by atoms with E-state index in [0.29, 0.717) is 64.0 Å². The lowest BCUT2D eigenvalue weighted by Crippen LogP contribution is -2.21. The Kier molecular flexibility index (Phi) is 16.4. The highest BCUT2D eigenvalue weighted by Crippen LogP contribution is 2.31. The smallest absolute Gasteiger partial charge is 0.341 e. The number of carbonyl (C=O) groups excluding carboxylic acids is 2. The molecule has 44 heavy (non-hydrogen) atoms. The molecule has 0 bridgehead atoms. The fourth-order valence-electron chi connectivity index (χ4n) is 3.72. The second-order valence-corrected chi connectivity index (χ2v) is 8.83. The summed E-state index contributed by atoms with van der Waals surface area (Å²) in [4.78, 5) is 35.3. The number of ether oxygens (including phenoxy) is 8. The highest BCUT2D eigenvalue weighted by Gasteiger charge is 2.30. The van der Waals surface area contributed by atoms with Crippen LogP contribution in [0.25, 0.3) is 22.5 Å². The topological polar surface area (TPSA) is 160 Å². The van der Waals surface area contributed by atoms with Gasteiger partial charge in [0.15, 0.2) is 0 Å². The number of carbonyl (C=O) groups is 2. The van der Waals surface area contributed by atoms with E-state index >= 15 is 0 Å². The highest BCUT2D eigenvalue weighted by atomic mass is 16.6. The van der Waals surface area contributed by atoms with Gasteiger partial charge in [0, 0.05) is 50.1 Å². The predicted molar refractivity (Wildman–Crippen MR) is 156 cm³/mol. The summed E-state index contributed by atoms with van der Waals surface area (Å²) in [6, 6.07) is 6.60. The van der Waals surface area contributed by atoms with E-state index in [0.717, 1.165) is 0 Å². The molecule has 0 spiro atoms. The Balaban J connectivity index is 1.78. The second kappa shape index (κ2) is 20.9. The van der Waals surface area contributed by atoms with Crippen molar-refractivity contribution in [3.8, 4) is 22.5 Å². The van der Waals surface area contributed by atoms with Crippen molar-refractivity contribution in [3.05, 3.63) is 60.2 Å². The number of pyridine rings is 2. The van der Waals surface area contributed by atoms with E-state index in [1.54, 1.807) is 63.3 Å². The fraction of sp³-hybridized carbons (Fsp3) is 0.467. The van der Waals surface area contributed by atoms with Gasteiger partial charge in [0.1, 0.15) is 35.7 Å². The summed E-state index contributed by atoms with van der Waals surface area (Å²) >= 11 is 0. The quantitative estimate of drug-likeness (QED) is 0.120. The molecule has 14 nitrogen and oxygen atoms in total. The van der Waals surface area contributed by atoms with Crippen molar-refractivity contribution in [2.45, 2.75) is 0 Å². The van der Waals surface area contributed by atoms with Crippen LogP contribution in [0.5, 0.6) is 0 Å². The molecule has 3 aromatic heterocycles. The van der Waals surface area contributed by atoms with Crippen LogP contribution in [-0.4, -0.2) is 126 Å². The zero-order chi connectivity index (χ0) is 31.2. The molecular formula is C30H38N4O10. The van der Waals surface area contributed by atoms with Crippen LogP contribution in [0.1, 0.15) is 20.7 Å². The van der Waals surface area contributed by atoms with E-state index in [-0.39, 0.29) is 48.9 Å². The maximum absolute atomic E-state index is 13.6. The van der Waals surface area contributed by atoms with Gasteiger partial charge in [-0.05, 0) is 24.3 Å². The van der Waals surface area contributed by atoms with Crippen molar-refractivity contribution >= 4 is 11.9 Å². The van der Waals surface area contributed by atoms with Crippen LogP contribution in [0, 0.1) is 0 Å². The molecule has 3 heterocycles. The van der Waals surface area contributed by atoms with E-state index in [1.807, 2.05) is 0 Å². The lowest BCUT2D eigenvalue weighted by molar-refractivity contribution is 0.00423. The van der Waals surface area contributed by atoms with Gasteiger partial charge in [-0.2, -0.15) is 0 Å². The zero-order valence-corrected chi connectivity index (χ0v) is 25.0. The van der Waals surface area contributed by atoms with Crippen molar-refractivity contribution in [2.75, 3.05) is 93.5 Å². The number of rotatable bonds is 22. The summed E-state index contributed by atoms with van der Waals surface area (Å²) in [7, 11) is 3.19. The van der Waals surface area contributed by atoms with Gasteiger partial charge in [-0.15, -0.1) is 10.2 Å². The molecule has 0 aliphatic heterocycles. The molecule has 0 unspecified atom stereocenters. The van der Waals surface area contributed by atoms with Gasteiger partial charge in [-0.1, -0.05) is 0 Å². The summed E-state index contributed by atoms with van der Waals surface area (Å²) in [5.74, 6) is -1.59. The van der Waals surface area contributed by atoms with Gasteiger partial charge in [0.05, 0.1) is 66.1 Å². The maximum atomic E-state index is 13.6. The molecule has 0 atom stereocenters. The van der Waals surface area contributed by atoms with Crippen molar-refractivity contribution < 1.29 is 47.5 Å². The van der Waals surface area contributed by atoms with Crippen molar-refractivity contribution in [3.63, 3.8) is 0 Å². The molecule has 0 aromatic carbocycles. The monoisotopic (exact) mass is 614 g/mol. The van der Waals surface area contributed by atoms with Crippen LogP contribution >= 0.6 is 0 Å². The van der Waals surface area contributed by atoms with Crippen LogP contribution in [0.15, 0.2) is 49.1 Å². The van der Waals surface area contributed by atoms with Crippen molar-refractivity contribution in [1.29, 1.82) is 0 Å². The third kappa shape index (κ3) is 11.6. The van der Waals surface area contributed by atoms with E-state index in [1.165, 1.54) is 0 Å². The average molecular weight is 615 g/mol. The van der Waals surface area contributed by atoms with Crippen molar-refractivity contribution in [2.24, 2.45) is 0 Å². The lowest BCUT2D eigenvalue weighted by atomic mass is 9.97. The molecule has 14 heteroatoms. The largest absolute Gasteiger partial charge is 0.460 e. The minimum atomic E-state index is -0.793. The summed E-state index contributed by atoms with van der Waals surface area (Å²) in [5, 5.41) is 8.64. The molecule has 0 aliphatic carbocycles. The zero-order valence-electron chi connectivity index (χ0n) is 25.0. The van der Waals surface area contributed by atoms with E-state index in [2.05, 4.69) is 20.2 Å². The number of aromatic nitrogens is 4. The SMILES string of the molecule is COCCOCCOCCOC(=O)c1c(-c2ccncc2)nnc(-c2ccncc2)c1C(=O)OCCOCCOCCOC. The Morgan fingerprint density at radius 1 is 0.500 bits per heavy atom. The van der Waals surface area contributed by atoms with Crippen molar-refractivity contribution in [1.82, 2.24) is 20.2 Å². The van der Waals surface area contributed by atoms with Crippen LogP contribution < -0.4 is 0 Å². The molecule has 0 aliphatic rings. The van der Waals surface area contributed by atoms with E-state index < -0.39 is 11.9 Å². The van der Waals surface area contributed by atoms with E-state index in [9.17, 15) is 9.59 Å². The Hall–Kier alpha value is -3.92. The Morgan fingerprint density at radius 2 is 0.818 bits per heavy atom. The Bertz CT molecular complexity index is 1150. The van der Waals surface area contributed by atoms with Crippen LogP contribution in [-0.2, 0) is 37.9 Å². The third-order valence-electron chi connectivity index (χ3n) is 5.82. The molecule has 0 radical (unpaired) electrons.